The number of halogens is 1. The van der Waals surface area contributed by atoms with Crippen molar-refractivity contribution in [2.45, 2.75) is 33.3 Å². The van der Waals surface area contributed by atoms with E-state index in [9.17, 15) is 4.79 Å². The summed E-state index contributed by atoms with van der Waals surface area (Å²) in [4.78, 5) is 10.9. The first-order chi connectivity index (χ1) is 8.85. The number of carboxylic acids is 1. The molecule has 1 rings (SSSR count). The zero-order valence-electron chi connectivity index (χ0n) is 11.6. The Labute approximate surface area is 118 Å². The maximum atomic E-state index is 10.9. The molecule has 4 nitrogen and oxygen atoms in total. The number of hydrogen-bond acceptors (Lipinski definition) is 3. The van der Waals surface area contributed by atoms with Crippen molar-refractivity contribution in [3.8, 4) is 11.5 Å². The standard InChI is InChI=1S/C14H19ClO4/c1-8(2)19-13-6-10(5-9(3)14(16)17)11(15)7-12(13)18-4/h6-9H,5H2,1-4H3,(H,16,17). The van der Waals surface area contributed by atoms with E-state index in [0.29, 0.717) is 22.9 Å². The molecule has 0 aliphatic rings. The van der Waals surface area contributed by atoms with Gasteiger partial charge in [0, 0.05) is 11.1 Å². The molecule has 0 fully saturated rings. The quantitative estimate of drug-likeness (QED) is 0.871. The summed E-state index contributed by atoms with van der Waals surface area (Å²) in [5.41, 5.74) is 0.744. The lowest BCUT2D eigenvalue weighted by Crippen LogP contribution is -2.13. The predicted molar refractivity (Wildman–Crippen MR) is 74.3 cm³/mol. The molecular formula is C14H19ClO4. The van der Waals surface area contributed by atoms with E-state index in [1.165, 1.54) is 0 Å². The second-order valence-corrected chi connectivity index (χ2v) is 5.11. The number of benzene rings is 1. The third-order valence-corrected chi connectivity index (χ3v) is 2.99. The summed E-state index contributed by atoms with van der Waals surface area (Å²) in [5, 5.41) is 9.44. The summed E-state index contributed by atoms with van der Waals surface area (Å²) in [6, 6.07) is 3.41. The van der Waals surface area contributed by atoms with Crippen molar-refractivity contribution in [1.29, 1.82) is 0 Å². The molecule has 19 heavy (non-hydrogen) atoms. The summed E-state index contributed by atoms with van der Waals surface area (Å²) in [7, 11) is 1.54. The lowest BCUT2D eigenvalue weighted by atomic mass is 10.0. The molecule has 0 aliphatic heterocycles. The minimum Gasteiger partial charge on any atom is -0.493 e. The molecule has 1 aromatic rings. The van der Waals surface area contributed by atoms with Crippen LogP contribution >= 0.6 is 11.6 Å². The normalized spacial score (nSPS) is 12.3. The molecular weight excluding hydrogens is 268 g/mol. The number of rotatable bonds is 6. The van der Waals surface area contributed by atoms with Gasteiger partial charge in [0.1, 0.15) is 0 Å². The highest BCUT2D eigenvalue weighted by molar-refractivity contribution is 6.31. The van der Waals surface area contributed by atoms with Crippen LogP contribution in [0.2, 0.25) is 5.02 Å². The van der Waals surface area contributed by atoms with Gasteiger partial charge in [-0.3, -0.25) is 4.79 Å². The van der Waals surface area contributed by atoms with Crippen LogP contribution in [0.15, 0.2) is 12.1 Å². The average Bonchev–Trinajstić information content (AvgIpc) is 2.31. The van der Waals surface area contributed by atoms with E-state index in [0.717, 1.165) is 5.56 Å². The van der Waals surface area contributed by atoms with Crippen molar-refractivity contribution >= 4 is 17.6 Å². The molecule has 5 heteroatoms. The van der Waals surface area contributed by atoms with Gasteiger partial charge in [0.15, 0.2) is 11.5 Å². The van der Waals surface area contributed by atoms with Crippen LogP contribution in [0.4, 0.5) is 0 Å². The van der Waals surface area contributed by atoms with Crippen molar-refractivity contribution in [2.24, 2.45) is 5.92 Å². The fourth-order valence-electron chi connectivity index (χ4n) is 1.66. The highest BCUT2D eigenvalue weighted by Gasteiger charge is 2.17. The van der Waals surface area contributed by atoms with E-state index in [-0.39, 0.29) is 6.10 Å². The number of ether oxygens (including phenoxy) is 2. The lowest BCUT2D eigenvalue weighted by Gasteiger charge is -2.16. The molecule has 0 spiro atoms. The Hall–Kier alpha value is -1.42. The number of hydrogen-bond donors (Lipinski definition) is 1. The van der Waals surface area contributed by atoms with Crippen molar-refractivity contribution < 1.29 is 19.4 Å². The topological polar surface area (TPSA) is 55.8 Å². The van der Waals surface area contributed by atoms with Gasteiger partial charge < -0.3 is 14.6 Å². The van der Waals surface area contributed by atoms with Crippen molar-refractivity contribution in [2.75, 3.05) is 7.11 Å². The molecule has 1 aromatic carbocycles. The van der Waals surface area contributed by atoms with Crippen molar-refractivity contribution in [1.82, 2.24) is 0 Å². The minimum absolute atomic E-state index is 0.000164. The zero-order chi connectivity index (χ0) is 14.6. The smallest absolute Gasteiger partial charge is 0.306 e. The van der Waals surface area contributed by atoms with E-state index in [1.807, 2.05) is 13.8 Å². The maximum Gasteiger partial charge on any atom is 0.306 e. The molecule has 0 saturated carbocycles. The van der Waals surface area contributed by atoms with Crippen LogP contribution in [-0.2, 0) is 11.2 Å². The predicted octanol–water partition coefficient (Wildman–Crippen LogP) is 3.40. The second kappa shape index (κ2) is 6.66. The molecule has 1 unspecified atom stereocenters. The zero-order valence-corrected chi connectivity index (χ0v) is 12.3. The van der Waals surface area contributed by atoms with Gasteiger partial charge in [0.2, 0.25) is 0 Å². The fraction of sp³-hybridized carbons (Fsp3) is 0.500. The van der Waals surface area contributed by atoms with Crippen LogP contribution in [0, 0.1) is 5.92 Å². The first-order valence-electron chi connectivity index (χ1n) is 6.11. The Morgan fingerprint density at radius 3 is 2.42 bits per heavy atom. The summed E-state index contributed by atoms with van der Waals surface area (Å²) < 4.78 is 10.9. The van der Waals surface area contributed by atoms with E-state index < -0.39 is 11.9 Å². The van der Waals surface area contributed by atoms with Gasteiger partial charge in [-0.15, -0.1) is 0 Å². The van der Waals surface area contributed by atoms with E-state index in [4.69, 9.17) is 26.2 Å². The number of methoxy groups -OCH3 is 1. The van der Waals surface area contributed by atoms with Crippen molar-refractivity contribution in [3.63, 3.8) is 0 Å². The first-order valence-corrected chi connectivity index (χ1v) is 6.48. The monoisotopic (exact) mass is 286 g/mol. The summed E-state index contributed by atoms with van der Waals surface area (Å²) in [5.74, 6) is -0.226. The largest absolute Gasteiger partial charge is 0.493 e. The van der Waals surface area contributed by atoms with Crippen molar-refractivity contribution in [3.05, 3.63) is 22.7 Å². The molecule has 0 aromatic heterocycles. The third kappa shape index (κ3) is 4.31. The Balaban J connectivity index is 3.08. The van der Waals surface area contributed by atoms with E-state index in [2.05, 4.69) is 0 Å². The number of carbonyl (C=O) groups is 1. The molecule has 1 N–H and O–H groups in total. The van der Waals surface area contributed by atoms with Crippen LogP contribution in [0.5, 0.6) is 11.5 Å². The molecule has 0 aliphatic carbocycles. The molecule has 106 valence electrons. The summed E-state index contributed by atoms with van der Waals surface area (Å²) >= 11 is 6.14. The van der Waals surface area contributed by atoms with Gasteiger partial charge in [0.05, 0.1) is 19.1 Å². The van der Waals surface area contributed by atoms with Gasteiger partial charge in [-0.25, -0.2) is 0 Å². The SMILES string of the molecule is COc1cc(Cl)c(CC(C)C(=O)O)cc1OC(C)C. The highest BCUT2D eigenvalue weighted by Crippen LogP contribution is 2.35. The lowest BCUT2D eigenvalue weighted by molar-refractivity contribution is -0.141. The summed E-state index contributed by atoms with van der Waals surface area (Å²) in [6.07, 6.45) is 0.354. The fourth-order valence-corrected chi connectivity index (χ4v) is 1.89. The molecule has 0 amide bonds. The molecule has 0 bridgehead atoms. The summed E-state index contributed by atoms with van der Waals surface area (Å²) in [6.45, 7) is 5.47. The van der Waals surface area contributed by atoms with Gasteiger partial charge >= 0.3 is 5.97 Å². The van der Waals surface area contributed by atoms with Crippen LogP contribution in [-0.4, -0.2) is 24.3 Å². The number of carboxylic acid groups (broad SMARTS) is 1. The van der Waals surface area contributed by atoms with Crippen LogP contribution < -0.4 is 9.47 Å². The third-order valence-electron chi connectivity index (χ3n) is 2.64. The van der Waals surface area contributed by atoms with E-state index >= 15 is 0 Å². The Morgan fingerprint density at radius 1 is 1.32 bits per heavy atom. The molecule has 1 atom stereocenters. The average molecular weight is 287 g/mol. The van der Waals surface area contributed by atoms with Crippen LogP contribution in [0.25, 0.3) is 0 Å². The molecule has 0 saturated heterocycles. The van der Waals surface area contributed by atoms with Gasteiger partial charge in [-0.2, -0.15) is 0 Å². The Bertz CT molecular complexity index is 457. The minimum atomic E-state index is -0.849. The molecule has 0 heterocycles. The van der Waals surface area contributed by atoms with Gasteiger partial charge in [-0.05, 0) is 31.9 Å². The van der Waals surface area contributed by atoms with Gasteiger partial charge in [0.25, 0.3) is 0 Å². The Kier molecular flexibility index (Phi) is 5.48. The van der Waals surface area contributed by atoms with Gasteiger partial charge in [-0.1, -0.05) is 18.5 Å². The van der Waals surface area contributed by atoms with Crippen LogP contribution in [0.1, 0.15) is 26.3 Å². The molecule has 0 radical (unpaired) electrons. The first kappa shape index (κ1) is 15.6. The number of aliphatic carboxylic acids is 1. The highest BCUT2D eigenvalue weighted by atomic mass is 35.5. The van der Waals surface area contributed by atoms with Crippen LogP contribution in [0.3, 0.4) is 0 Å². The maximum absolute atomic E-state index is 10.9. The Morgan fingerprint density at radius 2 is 1.95 bits per heavy atom. The van der Waals surface area contributed by atoms with E-state index in [1.54, 1.807) is 26.2 Å². The second-order valence-electron chi connectivity index (χ2n) is 4.70.